The van der Waals surface area contributed by atoms with Gasteiger partial charge in [0.05, 0.1) is 0 Å². The fraction of sp³-hybridized carbons (Fsp3) is 0. The lowest BCUT2D eigenvalue weighted by molar-refractivity contribution is 0.386. The second-order valence-corrected chi connectivity index (χ2v) is 2.42. The summed E-state index contributed by atoms with van der Waals surface area (Å²) in [4.78, 5) is 12.8. The Kier molecular flexibility index (Phi) is 1.51. The lowest BCUT2D eigenvalue weighted by Gasteiger charge is -1.83. The smallest absolute Gasteiger partial charge is 0.439 e. The van der Waals surface area contributed by atoms with E-state index in [2.05, 4.69) is 14.7 Å². The highest BCUT2D eigenvalue weighted by molar-refractivity contribution is 6.28. The zero-order chi connectivity index (χ0) is 8.55. The molecule has 0 aliphatic rings. The summed E-state index contributed by atoms with van der Waals surface area (Å²) in [7, 11) is 0. The number of aromatic amines is 1. The van der Waals surface area contributed by atoms with Crippen molar-refractivity contribution in [3.63, 3.8) is 0 Å². The van der Waals surface area contributed by atoms with Crippen molar-refractivity contribution in [3.8, 4) is 11.6 Å². The summed E-state index contributed by atoms with van der Waals surface area (Å²) in [6, 6.07) is 3.13. The van der Waals surface area contributed by atoms with E-state index >= 15 is 0 Å². The van der Waals surface area contributed by atoms with Crippen LogP contribution in [0.5, 0.6) is 0 Å². The van der Waals surface area contributed by atoms with Crippen LogP contribution in [0.1, 0.15) is 0 Å². The topological polar surface area (TPSA) is 72.0 Å². The van der Waals surface area contributed by atoms with Crippen LogP contribution in [-0.2, 0) is 0 Å². The number of hydrogen-bond acceptors (Lipinski definition) is 4. The third-order valence-electron chi connectivity index (χ3n) is 1.25. The number of furan rings is 1. The van der Waals surface area contributed by atoms with Gasteiger partial charge in [0.2, 0.25) is 5.82 Å². The Morgan fingerprint density at radius 2 is 2.33 bits per heavy atom. The van der Waals surface area contributed by atoms with Crippen molar-refractivity contribution in [2.75, 3.05) is 0 Å². The second kappa shape index (κ2) is 2.53. The number of hydrogen-bond donors (Lipinski definition) is 1. The van der Waals surface area contributed by atoms with Crippen molar-refractivity contribution in [1.29, 1.82) is 0 Å². The van der Waals surface area contributed by atoms with E-state index in [1.54, 1.807) is 12.1 Å². The summed E-state index contributed by atoms with van der Waals surface area (Å²) in [5, 5.41) is 3.63. The molecule has 2 rings (SSSR count). The molecule has 2 heterocycles. The van der Waals surface area contributed by atoms with Gasteiger partial charge in [-0.1, -0.05) is 5.16 Å². The third kappa shape index (κ3) is 1.14. The Morgan fingerprint density at radius 1 is 1.50 bits per heavy atom. The Balaban J connectivity index is 2.50. The molecule has 0 saturated carbocycles. The van der Waals surface area contributed by atoms with Crippen molar-refractivity contribution in [2.24, 2.45) is 0 Å². The second-order valence-electron chi connectivity index (χ2n) is 2.05. The molecule has 0 spiro atoms. The molecule has 1 N–H and O–H groups in total. The molecule has 0 atom stereocenters. The minimum atomic E-state index is -0.627. The predicted molar refractivity (Wildman–Crippen MR) is 39.8 cm³/mol. The minimum Gasteiger partial charge on any atom is -0.441 e. The van der Waals surface area contributed by atoms with Gasteiger partial charge >= 0.3 is 5.76 Å². The van der Waals surface area contributed by atoms with Gasteiger partial charge in [0.25, 0.3) is 0 Å². The van der Waals surface area contributed by atoms with Gasteiger partial charge in [-0.15, -0.1) is 0 Å². The van der Waals surface area contributed by atoms with Gasteiger partial charge in [0.1, 0.15) is 0 Å². The normalized spacial score (nSPS) is 10.4. The maximum Gasteiger partial charge on any atom is 0.439 e. The van der Waals surface area contributed by atoms with Crippen LogP contribution in [0.3, 0.4) is 0 Å². The van der Waals surface area contributed by atoms with Crippen LogP contribution in [0.4, 0.5) is 0 Å². The Bertz CT molecular complexity index is 441. The Morgan fingerprint density at radius 3 is 2.83 bits per heavy atom. The van der Waals surface area contributed by atoms with Gasteiger partial charge in [-0.3, -0.25) is 9.51 Å². The van der Waals surface area contributed by atoms with Gasteiger partial charge in [-0.05, 0) is 23.7 Å². The number of H-pyrrole nitrogens is 1. The molecular weight excluding hydrogens is 184 g/mol. The molecule has 0 saturated heterocycles. The number of nitrogens with one attached hydrogen (secondary N) is 1. The summed E-state index contributed by atoms with van der Waals surface area (Å²) < 4.78 is 9.22. The van der Waals surface area contributed by atoms with E-state index < -0.39 is 5.76 Å². The maximum absolute atomic E-state index is 10.5. The molecule has 6 heteroatoms. The maximum atomic E-state index is 10.5. The van der Waals surface area contributed by atoms with Crippen LogP contribution in [-0.4, -0.2) is 10.1 Å². The molecule has 62 valence electrons. The number of rotatable bonds is 1. The monoisotopic (exact) mass is 186 g/mol. The molecule has 0 aliphatic carbocycles. The predicted octanol–water partition coefficient (Wildman–Crippen LogP) is 1.28. The first-order chi connectivity index (χ1) is 5.75. The third-order valence-corrected chi connectivity index (χ3v) is 1.45. The van der Waals surface area contributed by atoms with Crippen LogP contribution in [0.15, 0.2) is 25.9 Å². The first-order valence-electron chi connectivity index (χ1n) is 3.07. The van der Waals surface area contributed by atoms with Crippen LogP contribution in [0.25, 0.3) is 11.6 Å². The number of nitrogens with zero attached hydrogens (tertiary/aromatic N) is 1. The average Bonchev–Trinajstić information content (AvgIpc) is 2.58. The SMILES string of the molecule is O=c1[nH]c(-c2ccc(Cl)o2)no1. The van der Waals surface area contributed by atoms with Crippen molar-refractivity contribution >= 4 is 11.6 Å². The summed E-state index contributed by atoms with van der Waals surface area (Å²) in [6.45, 7) is 0. The zero-order valence-electron chi connectivity index (χ0n) is 5.70. The highest BCUT2D eigenvalue weighted by atomic mass is 35.5. The van der Waals surface area contributed by atoms with E-state index in [1.165, 1.54) is 0 Å². The molecule has 0 amide bonds. The molecule has 2 aromatic heterocycles. The summed E-state index contributed by atoms with van der Waals surface area (Å²) in [5.74, 6) is -0.0322. The van der Waals surface area contributed by atoms with Crippen LogP contribution in [0.2, 0.25) is 5.22 Å². The van der Waals surface area contributed by atoms with Gasteiger partial charge in [-0.2, -0.15) is 0 Å². The van der Waals surface area contributed by atoms with Crippen molar-refractivity contribution in [2.45, 2.75) is 0 Å². The number of halogens is 1. The Labute approximate surface area is 70.9 Å². The highest BCUT2D eigenvalue weighted by Gasteiger charge is 2.07. The number of aromatic nitrogens is 2. The van der Waals surface area contributed by atoms with Crippen LogP contribution in [0, 0.1) is 0 Å². The van der Waals surface area contributed by atoms with Crippen molar-refractivity contribution < 1.29 is 8.94 Å². The Hall–Kier alpha value is -1.49. The molecule has 12 heavy (non-hydrogen) atoms. The minimum absolute atomic E-state index is 0.229. The van der Waals surface area contributed by atoms with Crippen LogP contribution >= 0.6 is 11.6 Å². The highest BCUT2D eigenvalue weighted by Crippen LogP contribution is 2.20. The lowest BCUT2D eigenvalue weighted by Crippen LogP contribution is -1.94. The fourth-order valence-corrected chi connectivity index (χ4v) is 0.924. The van der Waals surface area contributed by atoms with E-state index in [1.807, 2.05) is 0 Å². The zero-order valence-corrected chi connectivity index (χ0v) is 6.46. The molecule has 0 aliphatic heterocycles. The van der Waals surface area contributed by atoms with Gasteiger partial charge in [-0.25, -0.2) is 4.79 Å². The largest absolute Gasteiger partial charge is 0.441 e. The molecule has 2 aromatic rings. The molecular formula is C6H3ClN2O3. The average molecular weight is 187 g/mol. The molecule has 0 aromatic carbocycles. The molecule has 5 nitrogen and oxygen atoms in total. The van der Waals surface area contributed by atoms with E-state index in [9.17, 15) is 4.79 Å². The molecule has 0 bridgehead atoms. The van der Waals surface area contributed by atoms with E-state index in [0.717, 1.165) is 0 Å². The molecule has 0 fully saturated rings. The van der Waals surface area contributed by atoms with E-state index in [4.69, 9.17) is 16.0 Å². The quantitative estimate of drug-likeness (QED) is 0.728. The first-order valence-corrected chi connectivity index (χ1v) is 3.45. The first kappa shape index (κ1) is 7.17. The van der Waals surface area contributed by atoms with Crippen molar-refractivity contribution in [1.82, 2.24) is 10.1 Å². The van der Waals surface area contributed by atoms with Crippen molar-refractivity contribution in [3.05, 3.63) is 27.9 Å². The lowest BCUT2D eigenvalue weighted by atomic mass is 10.4. The summed E-state index contributed by atoms with van der Waals surface area (Å²) >= 11 is 5.50. The van der Waals surface area contributed by atoms with E-state index in [-0.39, 0.29) is 11.0 Å². The molecule has 0 radical (unpaired) electrons. The van der Waals surface area contributed by atoms with Gasteiger partial charge in [0, 0.05) is 0 Å². The summed E-state index contributed by atoms with van der Waals surface area (Å²) in [5.41, 5.74) is 0. The van der Waals surface area contributed by atoms with Gasteiger partial charge < -0.3 is 4.42 Å². The molecule has 0 unspecified atom stereocenters. The fourth-order valence-electron chi connectivity index (χ4n) is 0.778. The van der Waals surface area contributed by atoms with Crippen LogP contribution < -0.4 is 5.76 Å². The summed E-state index contributed by atoms with van der Waals surface area (Å²) in [6.07, 6.45) is 0. The standard InChI is InChI=1S/C6H3ClN2O3/c7-4-2-1-3(11-4)5-8-6(10)12-9-5/h1-2H,(H,8,9,10). The van der Waals surface area contributed by atoms with Gasteiger partial charge in [0.15, 0.2) is 11.0 Å². The van der Waals surface area contributed by atoms with E-state index in [0.29, 0.717) is 5.76 Å².